The second-order valence-corrected chi connectivity index (χ2v) is 6.29. The Morgan fingerprint density at radius 1 is 1.00 bits per heavy atom. The summed E-state index contributed by atoms with van der Waals surface area (Å²) in [4.78, 5) is 35.7. The number of hydrogen-bond acceptors (Lipinski definition) is 7. The lowest BCUT2D eigenvalue weighted by atomic mass is 10.1. The molecule has 0 aliphatic carbocycles. The van der Waals surface area contributed by atoms with E-state index in [1.165, 1.54) is 43.7 Å². The van der Waals surface area contributed by atoms with Crippen LogP contribution in [0.5, 0.6) is 11.5 Å². The molecule has 164 valence electrons. The summed E-state index contributed by atoms with van der Waals surface area (Å²) in [5, 5.41) is 27.2. The van der Waals surface area contributed by atoms with E-state index in [0.717, 1.165) is 0 Å². The molecule has 31 heavy (non-hydrogen) atoms. The fraction of sp³-hybridized carbons (Fsp3) is 0.238. The maximum atomic E-state index is 12.2. The summed E-state index contributed by atoms with van der Waals surface area (Å²) in [6.07, 6.45) is 1.50. The van der Waals surface area contributed by atoms with Crippen LogP contribution in [-0.4, -0.2) is 61.0 Å². The molecule has 0 unspecified atom stereocenters. The van der Waals surface area contributed by atoms with Gasteiger partial charge in [0.25, 0.3) is 11.8 Å². The van der Waals surface area contributed by atoms with Crippen LogP contribution in [0.1, 0.15) is 32.7 Å². The van der Waals surface area contributed by atoms with Crippen LogP contribution in [0, 0.1) is 0 Å². The number of benzene rings is 2. The zero-order chi connectivity index (χ0) is 22.6. The molecule has 0 radical (unpaired) electrons. The molecular formula is C21H24N4O6. The van der Waals surface area contributed by atoms with E-state index in [4.69, 9.17) is 9.84 Å². The number of phenolic OH excluding ortho intramolecular Hbond substituents is 1. The maximum Gasteiger partial charge on any atom is 0.271 e. The van der Waals surface area contributed by atoms with Gasteiger partial charge in [-0.25, -0.2) is 5.43 Å². The molecule has 0 aromatic heterocycles. The van der Waals surface area contributed by atoms with Crippen molar-refractivity contribution >= 4 is 23.9 Å². The van der Waals surface area contributed by atoms with Crippen molar-refractivity contribution in [2.45, 2.75) is 6.42 Å². The van der Waals surface area contributed by atoms with Crippen molar-refractivity contribution in [3.63, 3.8) is 0 Å². The third kappa shape index (κ3) is 7.44. The van der Waals surface area contributed by atoms with Crippen LogP contribution in [0.4, 0.5) is 0 Å². The maximum absolute atomic E-state index is 12.2. The highest BCUT2D eigenvalue weighted by Gasteiger charge is 2.09. The minimum absolute atomic E-state index is 0.00206. The van der Waals surface area contributed by atoms with E-state index in [1.807, 2.05) is 0 Å². The van der Waals surface area contributed by atoms with Crippen LogP contribution >= 0.6 is 0 Å². The Hall–Kier alpha value is -3.92. The summed E-state index contributed by atoms with van der Waals surface area (Å²) in [7, 11) is 1.43. The van der Waals surface area contributed by atoms with Crippen molar-refractivity contribution in [2.75, 3.05) is 26.8 Å². The number of nitrogens with zero attached hydrogens (tertiary/aromatic N) is 1. The number of phenols is 1. The van der Waals surface area contributed by atoms with Crippen molar-refractivity contribution in [2.24, 2.45) is 5.10 Å². The van der Waals surface area contributed by atoms with Gasteiger partial charge in [-0.1, -0.05) is 0 Å². The van der Waals surface area contributed by atoms with Crippen LogP contribution in [0.25, 0.3) is 0 Å². The lowest BCUT2D eigenvalue weighted by molar-refractivity contribution is -0.121. The number of carbonyl (C=O) groups excluding carboxylic acids is 3. The molecule has 0 aliphatic rings. The summed E-state index contributed by atoms with van der Waals surface area (Å²) < 4.78 is 5.00. The summed E-state index contributed by atoms with van der Waals surface area (Å²) in [6, 6.07) is 10.6. The van der Waals surface area contributed by atoms with Crippen molar-refractivity contribution in [1.82, 2.24) is 16.1 Å². The van der Waals surface area contributed by atoms with Crippen molar-refractivity contribution in [3.05, 3.63) is 59.2 Å². The van der Waals surface area contributed by atoms with Gasteiger partial charge in [0, 0.05) is 30.6 Å². The number of aliphatic hydroxyl groups excluding tert-OH is 1. The minimum atomic E-state index is -0.463. The number of rotatable bonds is 10. The Bertz CT molecular complexity index is 943. The summed E-state index contributed by atoms with van der Waals surface area (Å²) in [5.74, 6) is -0.823. The highest BCUT2D eigenvalue weighted by atomic mass is 16.5. The van der Waals surface area contributed by atoms with Gasteiger partial charge in [-0.3, -0.25) is 14.4 Å². The molecule has 0 atom stereocenters. The normalized spacial score (nSPS) is 10.5. The first-order valence-corrected chi connectivity index (χ1v) is 9.41. The van der Waals surface area contributed by atoms with Crippen molar-refractivity contribution in [3.8, 4) is 11.5 Å². The summed E-state index contributed by atoms with van der Waals surface area (Å²) >= 11 is 0. The number of hydrazone groups is 1. The highest BCUT2D eigenvalue weighted by molar-refractivity contribution is 5.98. The minimum Gasteiger partial charge on any atom is -0.504 e. The topological polar surface area (TPSA) is 149 Å². The first kappa shape index (κ1) is 23.4. The standard InChI is InChI=1S/C21H24N4O6/c1-31-18-12-14(2-7-17(18)27)13-24-25-21(30)16-5-3-15(4-6-16)20(29)23-9-8-19(28)22-10-11-26/h2-7,12-13,26-27H,8-11H2,1H3,(H,22,28)(H,23,29)(H,25,30). The molecule has 0 saturated heterocycles. The fourth-order valence-electron chi connectivity index (χ4n) is 2.45. The number of nitrogens with one attached hydrogen (secondary N) is 3. The Morgan fingerprint density at radius 3 is 2.32 bits per heavy atom. The van der Waals surface area contributed by atoms with Crippen molar-refractivity contribution in [1.29, 1.82) is 0 Å². The van der Waals surface area contributed by atoms with E-state index in [1.54, 1.807) is 12.1 Å². The second-order valence-electron chi connectivity index (χ2n) is 6.29. The Labute approximate surface area is 178 Å². The van der Waals surface area contributed by atoms with Gasteiger partial charge in [-0.15, -0.1) is 0 Å². The average Bonchev–Trinajstić information content (AvgIpc) is 2.78. The average molecular weight is 428 g/mol. The van der Waals surface area contributed by atoms with Crippen molar-refractivity contribution < 1.29 is 29.3 Å². The number of aromatic hydroxyl groups is 1. The molecule has 10 heteroatoms. The lowest BCUT2D eigenvalue weighted by Gasteiger charge is -2.07. The van der Waals surface area contributed by atoms with E-state index in [9.17, 15) is 19.5 Å². The molecule has 5 N–H and O–H groups in total. The molecule has 0 heterocycles. The molecule has 10 nitrogen and oxygen atoms in total. The summed E-state index contributed by atoms with van der Waals surface area (Å²) in [5.41, 5.74) is 3.64. The molecule has 0 aliphatic heterocycles. The van der Waals surface area contributed by atoms with Gasteiger partial charge in [-0.05, 0) is 48.0 Å². The number of methoxy groups -OCH3 is 1. The van der Waals surface area contributed by atoms with Crippen LogP contribution in [-0.2, 0) is 4.79 Å². The number of carbonyl (C=O) groups is 3. The number of aliphatic hydroxyl groups is 1. The Morgan fingerprint density at radius 2 is 1.68 bits per heavy atom. The van der Waals surface area contributed by atoms with Gasteiger partial charge >= 0.3 is 0 Å². The van der Waals surface area contributed by atoms with Crippen LogP contribution in [0.15, 0.2) is 47.6 Å². The molecule has 0 bridgehead atoms. The van der Waals surface area contributed by atoms with Crippen LogP contribution in [0.2, 0.25) is 0 Å². The van der Waals surface area contributed by atoms with E-state index >= 15 is 0 Å². The molecule has 0 saturated carbocycles. The number of amides is 3. The second kappa shape index (κ2) is 11.9. The van der Waals surface area contributed by atoms with Crippen LogP contribution in [0.3, 0.4) is 0 Å². The van der Waals surface area contributed by atoms with E-state index in [-0.39, 0.29) is 49.4 Å². The third-order valence-electron chi connectivity index (χ3n) is 4.06. The quantitative estimate of drug-likeness (QED) is 0.273. The van der Waals surface area contributed by atoms with Gasteiger partial charge in [0.15, 0.2) is 11.5 Å². The molecule has 2 aromatic carbocycles. The Kier molecular flexibility index (Phi) is 8.99. The van der Waals surface area contributed by atoms with Crippen LogP contribution < -0.4 is 20.8 Å². The molecule has 3 amide bonds. The molecular weight excluding hydrogens is 404 g/mol. The SMILES string of the molecule is COc1cc(C=NNC(=O)c2ccc(C(=O)NCCC(=O)NCCO)cc2)ccc1O. The fourth-order valence-corrected chi connectivity index (χ4v) is 2.45. The predicted octanol–water partition coefficient (Wildman–Crippen LogP) is 0.393. The zero-order valence-corrected chi connectivity index (χ0v) is 16.9. The summed E-state index contributed by atoms with van der Waals surface area (Å²) in [6.45, 7) is 0.174. The van der Waals surface area contributed by atoms with E-state index in [0.29, 0.717) is 16.7 Å². The smallest absolute Gasteiger partial charge is 0.271 e. The largest absolute Gasteiger partial charge is 0.504 e. The molecule has 0 fully saturated rings. The van der Waals surface area contributed by atoms with E-state index < -0.39 is 5.91 Å². The van der Waals surface area contributed by atoms with E-state index in [2.05, 4.69) is 21.2 Å². The number of ether oxygens (including phenoxy) is 1. The van der Waals surface area contributed by atoms with Gasteiger partial charge in [-0.2, -0.15) is 5.10 Å². The third-order valence-corrected chi connectivity index (χ3v) is 4.06. The van der Waals surface area contributed by atoms with Gasteiger partial charge in [0.05, 0.1) is 19.9 Å². The molecule has 2 aromatic rings. The molecule has 0 spiro atoms. The number of hydrogen-bond donors (Lipinski definition) is 5. The highest BCUT2D eigenvalue weighted by Crippen LogP contribution is 2.25. The monoisotopic (exact) mass is 428 g/mol. The first-order valence-electron chi connectivity index (χ1n) is 9.41. The lowest BCUT2D eigenvalue weighted by Crippen LogP contribution is -2.32. The Balaban J connectivity index is 1.84. The van der Waals surface area contributed by atoms with Gasteiger partial charge in [0.2, 0.25) is 5.91 Å². The first-order chi connectivity index (χ1) is 14.9. The zero-order valence-electron chi connectivity index (χ0n) is 16.9. The molecule has 2 rings (SSSR count). The van der Waals surface area contributed by atoms with Gasteiger partial charge < -0.3 is 25.6 Å². The van der Waals surface area contributed by atoms with Gasteiger partial charge in [0.1, 0.15) is 0 Å². The predicted molar refractivity (Wildman–Crippen MR) is 113 cm³/mol.